The normalized spacial score (nSPS) is 12.3. The second-order valence-corrected chi connectivity index (χ2v) is 6.09. The number of halogens is 4. The first kappa shape index (κ1) is 17.4. The van der Waals surface area contributed by atoms with Gasteiger partial charge in [0.15, 0.2) is 0 Å². The number of imidazole rings is 1. The molecule has 3 aromatic rings. The van der Waals surface area contributed by atoms with Gasteiger partial charge in [0, 0.05) is 13.6 Å². The quantitative estimate of drug-likeness (QED) is 0.651. The third kappa shape index (κ3) is 3.82. The van der Waals surface area contributed by atoms with Crippen LogP contribution < -0.4 is 0 Å². The number of fused-ring (bicyclic) bond motifs is 1. The Kier molecular flexibility index (Phi) is 4.51. The molecule has 0 fully saturated rings. The van der Waals surface area contributed by atoms with E-state index in [1.165, 1.54) is 0 Å². The molecule has 1 aromatic heterocycles. The highest BCUT2D eigenvalue weighted by atomic mass is 19.4. The summed E-state index contributed by atoms with van der Waals surface area (Å²) in [6.45, 7) is 0.618. The van der Waals surface area contributed by atoms with Crippen LogP contribution in [0.15, 0.2) is 42.5 Å². The molecule has 3 rings (SSSR count). The van der Waals surface area contributed by atoms with Gasteiger partial charge in [0.2, 0.25) is 0 Å². The fourth-order valence-electron chi connectivity index (χ4n) is 2.85. The van der Waals surface area contributed by atoms with Crippen LogP contribution in [0.25, 0.3) is 11.0 Å². The first-order valence-corrected chi connectivity index (χ1v) is 7.69. The average Bonchev–Trinajstić information content (AvgIpc) is 2.82. The third-order valence-corrected chi connectivity index (χ3v) is 4.03. The maximum absolute atomic E-state index is 13.5. The van der Waals surface area contributed by atoms with Gasteiger partial charge in [-0.2, -0.15) is 13.2 Å². The molecule has 0 bridgehead atoms. The maximum Gasteiger partial charge on any atom is 0.416 e. The van der Waals surface area contributed by atoms with E-state index in [1.54, 1.807) is 11.9 Å². The first-order chi connectivity index (χ1) is 11.7. The van der Waals surface area contributed by atoms with Gasteiger partial charge in [-0.15, -0.1) is 0 Å². The van der Waals surface area contributed by atoms with E-state index < -0.39 is 17.6 Å². The van der Waals surface area contributed by atoms with Crippen molar-refractivity contribution < 1.29 is 17.6 Å². The predicted octanol–water partition coefficient (Wildman–Crippen LogP) is 4.36. The highest BCUT2D eigenvalue weighted by Gasteiger charge is 2.31. The number of hydrogen-bond acceptors (Lipinski definition) is 2. The SMILES string of the molecule is CN(Cc1cc(F)cc(C(F)(F)F)c1)Cc1nc2ccccc2n1C. The van der Waals surface area contributed by atoms with E-state index in [4.69, 9.17) is 0 Å². The van der Waals surface area contributed by atoms with Crippen molar-refractivity contribution in [1.82, 2.24) is 14.5 Å². The summed E-state index contributed by atoms with van der Waals surface area (Å²) in [7, 11) is 3.65. The van der Waals surface area contributed by atoms with E-state index in [0.29, 0.717) is 12.6 Å². The topological polar surface area (TPSA) is 21.1 Å². The number of aromatic nitrogens is 2. The summed E-state index contributed by atoms with van der Waals surface area (Å²) in [6, 6.07) is 10.3. The predicted molar refractivity (Wildman–Crippen MR) is 87.3 cm³/mol. The van der Waals surface area contributed by atoms with Gasteiger partial charge >= 0.3 is 6.18 Å². The van der Waals surface area contributed by atoms with E-state index in [-0.39, 0.29) is 12.1 Å². The minimum Gasteiger partial charge on any atom is -0.330 e. The van der Waals surface area contributed by atoms with E-state index in [0.717, 1.165) is 29.0 Å². The molecule has 2 aromatic carbocycles. The van der Waals surface area contributed by atoms with Crippen molar-refractivity contribution in [2.24, 2.45) is 7.05 Å². The fourth-order valence-corrected chi connectivity index (χ4v) is 2.85. The van der Waals surface area contributed by atoms with Gasteiger partial charge in [0.1, 0.15) is 11.6 Å². The zero-order valence-corrected chi connectivity index (χ0v) is 13.8. The Hall–Kier alpha value is -2.41. The molecule has 0 saturated carbocycles. The Labute approximate surface area is 142 Å². The summed E-state index contributed by atoms with van der Waals surface area (Å²) >= 11 is 0. The van der Waals surface area contributed by atoms with Crippen molar-refractivity contribution in [3.63, 3.8) is 0 Å². The molecule has 0 aliphatic heterocycles. The van der Waals surface area contributed by atoms with Crippen LogP contribution in [-0.2, 0) is 26.3 Å². The molecule has 1 heterocycles. The molecular weight excluding hydrogens is 334 g/mol. The highest BCUT2D eigenvalue weighted by Crippen LogP contribution is 2.30. The Morgan fingerprint density at radius 1 is 1.08 bits per heavy atom. The van der Waals surface area contributed by atoms with Crippen molar-refractivity contribution in [2.45, 2.75) is 19.3 Å². The lowest BCUT2D eigenvalue weighted by molar-refractivity contribution is -0.137. The zero-order valence-electron chi connectivity index (χ0n) is 13.8. The van der Waals surface area contributed by atoms with Crippen LogP contribution in [0.3, 0.4) is 0 Å². The number of nitrogens with zero attached hydrogens (tertiary/aromatic N) is 3. The van der Waals surface area contributed by atoms with Crippen LogP contribution in [0, 0.1) is 5.82 Å². The Morgan fingerprint density at radius 2 is 1.80 bits per heavy atom. The molecule has 0 saturated heterocycles. The second kappa shape index (κ2) is 6.48. The first-order valence-electron chi connectivity index (χ1n) is 7.69. The fraction of sp³-hybridized carbons (Fsp3) is 0.278. The van der Waals surface area contributed by atoms with Crippen LogP contribution >= 0.6 is 0 Å². The van der Waals surface area contributed by atoms with Gasteiger partial charge in [-0.05, 0) is 42.9 Å². The smallest absolute Gasteiger partial charge is 0.330 e. The zero-order chi connectivity index (χ0) is 18.2. The Balaban J connectivity index is 1.79. The van der Waals surface area contributed by atoms with Crippen molar-refractivity contribution in [1.29, 1.82) is 0 Å². The number of hydrogen-bond donors (Lipinski definition) is 0. The number of benzene rings is 2. The largest absolute Gasteiger partial charge is 0.416 e. The van der Waals surface area contributed by atoms with Crippen molar-refractivity contribution >= 4 is 11.0 Å². The van der Waals surface area contributed by atoms with Crippen LogP contribution in [-0.4, -0.2) is 21.5 Å². The van der Waals surface area contributed by atoms with E-state index in [2.05, 4.69) is 4.98 Å². The van der Waals surface area contributed by atoms with E-state index in [1.807, 2.05) is 35.9 Å². The van der Waals surface area contributed by atoms with Gasteiger partial charge in [0.25, 0.3) is 0 Å². The highest BCUT2D eigenvalue weighted by molar-refractivity contribution is 5.75. The van der Waals surface area contributed by atoms with Gasteiger partial charge in [0.05, 0.1) is 23.1 Å². The molecule has 0 radical (unpaired) electrons. The number of rotatable bonds is 4. The lowest BCUT2D eigenvalue weighted by Crippen LogP contribution is -2.20. The third-order valence-electron chi connectivity index (χ3n) is 4.03. The van der Waals surface area contributed by atoms with Gasteiger partial charge in [-0.25, -0.2) is 9.37 Å². The molecule has 0 atom stereocenters. The summed E-state index contributed by atoms with van der Waals surface area (Å²) in [6.07, 6.45) is -4.56. The van der Waals surface area contributed by atoms with Gasteiger partial charge < -0.3 is 4.57 Å². The lowest BCUT2D eigenvalue weighted by atomic mass is 10.1. The summed E-state index contributed by atoms with van der Waals surface area (Å²) in [5.41, 5.74) is 1.14. The number of para-hydroxylation sites is 2. The molecule has 132 valence electrons. The van der Waals surface area contributed by atoms with Crippen molar-refractivity contribution in [3.8, 4) is 0 Å². The standard InChI is InChI=1S/C18H17F4N3/c1-24(10-12-7-13(18(20,21)22)9-14(19)8-12)11-17-23-15-5-3-4-6-16(15)25(17)2/h3-9H,10-11H2,1-2H3. The molecule has 25 heavy (non-hydrogen) atoms. The molecule has 0 spiro atoms. The number of aryl methyl sites for hydroxylation is 1. The Morgan fingerprint density at radius 3 is 2.48 bits per heavy atom. The lowest BCUT2D eigenvalue weighted by Gasteiger charge is -2.17. The summed E-state index contributed by atoms with van der Waals surface area (Å²) < 4.78 is 53.9. The Bertz CT molecular complexity index is 899. The molecule has 0 amide bonds. The monoisotopic (exact) mass is 351 g/mol. The molecule has 0 aliphatic rings. The molecule has 7 heteroatoms. The van der Waals surface area contributed by atoms with Crippen LogP contribution in [0.4, 0.5) is 17.6 Å². The van der Waals surface area contributed by atoms with Crippen molar-refractivity contribution in [2.75, 3.05) is 7.05 Å². The van der Waals surface area contributed by atoms with Crippen LogP contribution in [0.2, 0.25) is 0 Å². The number of alkyl halides is 3. The van der Waals surface area contributed by atoms with Gasteiger partial charge in [-0.1, -0.05) is 12.1 Å². The van der Waals surface area contributed by atoms with Crippen LogP contribution in [0.5, 0.6) is 0 Å². The molecule has 3 nitrogen and oxygen atoms in total. The molecule has 0 N–H and O–H groups in total. The van der Waals surface area contributed by atoms with E-state index >= 15 is 0 Å². The average molecular weight is 351 g/mol. The van der Waals surface area contributed by atoms with Gasteiger partial charge in [-0.3, -0.25) is 4.90 Å². The molecule has 0 aliphatic carbocycles. The molecular formula is C18H17F4N3. The van der Waals surface area contributed by atoms with Crippen LogP contribution in [0.1, 0.15) is 17.0 Å². The second-order valence-electron chi connectivity index (χ2n) is 6.09. The minimum atomic E-state index is -4.56. The summed E-state index contributed by atoms with van der Waals surface area (Å²) in [4.78, 5) is 6.34. The summed E-state index contributed by atoms with van der Waals surface area (Å²) in [5.74, 6) is -0.0999. The minimum absolute atomic E-state index is 0.185. The molecule has 0 unspecified atom stereocenters. The van der Waals surface area contributed by atoms with Crippen molar-refractivity contribution in [3.05, 3.63) is 65.2 Å². The van der Waals surface area contributed by atoms with E-state index in [9.17, 15) is 17.6 Å². The summed E-state index contributed by atoms with van der Waals surface area (Å²) in [5, 5.41) is 0. The maximum atomic E-state index is 13.5.